The van der Waals surface area contributed by atoms with E-state index in [1.165, 1.54) is 13.1 Å². The average Bonchev–Trinajstić information content (AvgIpc) is 3.35. The van der Waals surface area contributed by atoms with E-state index < -0.39 is 5.91 Å². The lowest BCUT2D eigenvalue weighted by molar-refractivity contribution is 0.0929. The van der Waals surface area contributed by atoms with Gasteiger partial charge >= 0.3 is 5.91 Å². The summed E-state index contributed by atoms with van der Waals surface area (Å²) < 4.78 is 12.9. The van der Waals surface area contributed by atoms with Crippen LogP contribution in [0.25, 0.3) is 22.3 Å². The molecule has 0 bridgehead atoms. The van der Waals surface area contributed by atoms with Crippen LogP contribution in [0.15, 0.2) is 77.5 Å². The molecule has 0 aliphatic heterocycles. The van der Waals surface area contributed by atoms with E-state index in [1.54, 1.807) is 30.3 Å². The van der Waals surface area contributed by atoms with Gasteiger partial charge in [0.25, 0.3) is 0 Å². The fraction of sp³-hybridized carbons (Fsp3) is 0.0455. The van der Waals surface area contributed by atoms with Crippen molar-refractivity contribution in [3.8, 4) is 11.3 Å². The molecule has 150 valence electrons. The lowest BCUT2D eigenvalue weighted by atomic mass is 10.1. The van der Waals surface area contributed by atoms with Crippen LogP contribution >= 0.6 is 31.9 Å². The van der Waals surface area contributed by atoms with Crippen LogP contribution in [0.3, 0.4) is 0 Å². The van der Waals surface area contributed by atoms with Crippen molar-refractivity contribution in [1.29, 1.82) is 0 Å². The number of nitrogens with one attached hydrogen (secondary N) is 1. The molecule has 1 N–H and O–H groups in total. The molecule has 2 heterocycles. The minimum atomic E-state index is -0.475. The maximum absolute atomic E-state index is 12.3. The average molecular weight is 530 g/mol. The molecule has 1 amide bonds. The molecule has 4 rings (SSSR count). The summed E-state index contributed by atoms with van der Waals surface area (Å²) in [5, 5.41) is 4.72. The van der Waals surface area contributed by atoms with Crippen molar-refractivity contribution in [2.75, 3.05) is 0 Å². The van der Waals surface area contributed by atoms with Gasteiger partial charge in [0.2, 0.25) is 0 Å². The van der Waals surface area contributed by atoms with Gasteiger partial charge in [-0.1, -0.05) is 40.2 Å². The minimum absolute atomic E-state index is 0.00834. The van der Waals surface area contributed by atoms with E-state index in [2.05, 4.69) is 42.4 Å². The summed E-state index contributed by atoms with van der Waals surface area (Å²) in [5.41, 5.74) is 4.48. The molecule has 0 saturated heterocycles. The number of benzene rings is 2. The molecular formula is C22H14Br2N2O4. The van der Waals surface area contributed by atoms with Crippen molar-refractivity contribution >= 4 is 60.7 Å². The number of fused-ring (bicyclic) bond motifs is 1. The van der Waals surface area contributed by atoms with Crippen molar-refractivity contribution in [2.24, 2.45) is 5.10 Å². The highest BCUT2D eigenvalue weighted by molar-refractivity contribution is 9.11. The molecule has 0 radical (unpaired) electrons. The number of hydrogen-bond acceptors (Lipinski definition) is 5. The summed E-state index contributed by atoms with van der Waals surface area (Å²) in [5.74, 6) is 0.778. The van der Waals surface area contributed by atoms with Gasteiger partial charge in [0, 0.05) is 21.0 Å². The predicted molar refractivity (Wildman–Crippen MR) is 121 cm³/mol. The van der Waals surface area contributed by atoms with Crippen LogP contribution in [0.4, 0.5) is 0 Å². The molecular weight excluding hydrogens is 516 g/mol. The molecule has 2 aromatic heterocycles. The van der Waals surface area contributed by atoms with Gasteiger partial charge < -0.3 is 8.83 Å². The highest BCUT2D eigenvalue weighted by atomic mass is 79.9. The second kappa shape index (κ2) is 8.41. The summed E-state index contributed by atoms with van der Waals surface area (Å²) in [4.78, 5) is 23.7. The van der Waals surface area contributed by atoms with Gasteiger partial charge in [-0.25, -0.2) is 5.43 Å². The summed E-state index contributed by atoms with van der Waals surface area (Å²) in [6.45, 7) is 1.52. The largest absolute Gasteiger partial charge is 0.455 e. The molecule has 0 aliphatic rings. The number of hydrogen-bond donors (Lipinski definition) is 1. The topological polar surface area (TPSA) is 84.8 Å². The Kier molecular flexibility index (Phi) is 5.69. The third-order valence-electron chi connectivity index (χ3n) is 4.32. The Morgan fingerprint density at radius 3 is 2.50 bits per heavy atom. The van der Waals surface area contributed by atoms with Crippen LogP contribution < -0.4 is 5.43 Å². The number of halogens is 2. The fourth-order valence-corrected chi connectivity index (χ4v) is 4.18. The molecule has 0 spiro atoms. The van der Waals surface area contributed by atoms with Gasteiger partial charge in [-0.15, -0.1) is 0 Å². The van der Waals surface area contributed by atoms with Crippen molar-refractivity contribution in [3.63, 3.8) is 0 Å². The maximum Gasteiger partial charge on any atom is 0.307 e. The van der Waals surface area contributed by atoms with Crippen LogP contribution in [-0.4, -0.2) is 17.9 Å². The van der Waals surface area contributed by atoms with E-state index in [0.29, 0.717) is 22.7 Å². The third kappa shape index (κ3) is 4.29. The van der Waals surface area contributed by atoms with Gasteiger partial charge in [0.15, 0.2) is 11.5 Å². The first-order valence-corrected chi connectivity index (χ1v) is 10.4. The molecule has 0 saturated carbocycles. The SMILES string of the molecule is CC(=O)c1ccc(-c2ccc(/C=N\NC(=O)c3cc4cc(Br)cc(Br)c4o3)o2)cc1. The molecule has 4 aromatic rings. The van der Waals surface area contributed by atoms with Crippen molar-refractivity contribution < 1.29 is 18.4 Å². The molecule has 0 unspecified atom stereocenters. The van der Waals surface area contributed by atoms with Crippen LogP contribution in [0, 0.1) is 0 Å². The number of nitrogens with zero attached hydrogens (tertiary/aromatic N) is 1. The van der Waals surface area contributed by atoms with Gasteiger partial charge in [0.05, 0.1) is 10.7 Å². The first-order chi connectivity index (χ1) is 14.4. The van der Waals surface area contributed by atoms with Gasteiger partial charge in [-0.3, -0.25) is 9.59 Å². The fourth-order valence-electron chi connectivity index (χ4n) is 2.84. The molecule has 8 heteroatoms. The first-order valence-electron chi connectivity index (χ1n) is 8.84. The lowest BCUT2D eigenvalue weighted by Gasteiger charge is -1.98. The van der Waals surface area contributed by atoms with E-state index in [-0.39, 0.29) is 11.5 Å². The molecule has 6 nitrogen and oxygen atoms in total. The third-order valence-corrected chi connectivity index (χ3v) is 5.37. The van der Waals surface area contributed by atoms with E-state index in [9.17, 15) is 9.59 Å². The summed E-state index contributed by atoms with van der Waals surface area (Å²) in [6, 6.07) is 16.0. The zero-order valence-corrected chi connectivity index (χ0v) is 18.8. The highest BCUT2D eigenvalue weighted by Crippen LogP contribution is 2.31. The second-order valence-electron chi connectivity index (χ2n) is 6.45. The number of carbonyl (C=O) groups is 2. The number of rotatable bonds is 5. The highest BCUT2D eigenvalue weighted by Gasteiger charge is 2.14. The maximum atomic E-state index is 12.3. The molecule has 2 aromatic carbocycles. The molecule has 0 aliphatic carbocycles. The molecule has 0 fully saturated rings. The summed E-state index contributed by atoms with van der Waals surface area (Å²) >= 11 is 6.82. The zero-order chi connectivity index (χ0) is 21.3. The number of amides is 1. The Hall–Kier alpha value is -2.97. The van der Waals surface area contributed by atoms with Crippen LogP contribution in [-0.2, 0) is 0 Å². The number of carbonyl (C=O) groups excluding carboxylic acids is 2. The van der Waals surface area contributed by atoms with Crippen molar-refractivity contribution in [3.05, 3.63) is 80.6 Å². The standard InChI is InChI=1S/C22H14Br2N2O4/c1-12(27)13-2-4-14(5-3-13)19-7-6-17(29-19)11-25-26-22(28)20-9-15-8-16(23)10-18(24)21(15)30-20/h2-11H,1H3,(H,26,28)/b25-11-. The Balaban J connectivity index is 1.44. The predicted octanol–water partition coefficient (Wildman–Crippen LogP) is 6.18. The monoisotopic (exact) mass is 528 g/mol. The quantitative estimate of drug-likeness (QED) is 0.190. The van der Waals surface area contributed by atoms with E-state index in [4.69, 9.17) is 8.83 Å². The Morgan fingerprint density at radius 2 is 1.77 bits per heavy atom. The van der Waals surface area contributed by atoms with E-state index >= 15 is 0 Å². The van der Waals surface area contributed by atoms with Gasteiger partial charge in [-0.05, 0) is 53.2 Å². The second-order valence-corrected chi connectivity index (χ2v) is 8.22. The Morgan fingerprint density at radius 1 is 1.00 bits per heavy atom. The van der Waals surface area contributed by atoms with Crippen LogP contribution in [0.2, 0.25) is 0 Å². The number of furan rings is 2. The van der Waals surface area contributed by atoms with Gasteiger partial charge in [0.1, 0.15) is 17.1 Å². The normalized spacial score (nSPS) is 11.3. The Labute approximate surface area is 188 Å². The Bertz CT molecular complexity index is 1290. The van der Waals surface area contributed by atoms with E-state index in [0.717, 1.165) is 19.9 Å². The summed E-state index contributed by atoms with van der Waals surface area (Å²) in [7, 11) is 0. The summed E-state index contributed by atoms with van der Waals surface area (Å²) in [6.07, 6.45) is 1.40. The first kappa shape index (κ1) is 20.3. The van der Waals surface area contributed by atoms with E-state index in [1.807, 2.05) is 24.3 Å². The molecule has 30 heavy (non-hydrogen) atoms. The van der Waals surface area contributed by atoms with Gasteiger partial charge in [-0.2, -0.15) is 5.10 Å². The number of hydrazone groups is 1. The van der Waals surface area contributed by atoms with Crippen LogP contribution in [0.5, 0.6) is 0 Å². The van der Waals surface area contributed by atoms with Crippen LogP contribution in [0.1, 0.15) is 33.6 Å². The molecule has 0 atom stereocenters. The number of ketones is 1. The zero-order valence-electron chi connectivity index (χ0n) is 15.6. The number of Topliss-reactive ketones (excluding diaryl/α,β-unsaturated/α-hetero) is 1. The smallest absolute Gasteiger partial charge is 0.307 e. The lowest BCUT2D eigenvalue weighted by Crippen LogP contribution is -2.16. The minimum Gasteiger partial charge on any atom is -0.455 e. The van der Waals surface area contributed by atoms with Crippen molar-refractivity contribution in [2.45, 2.75) is 6.92 Å². The van der Waals surface area contributed by atoms with Crippen molar-refractivity contribution in [1.82, 2.24) is 5.43 Å².